The van der Waals surface area contributed by atoms with Crippen LogP contribution in [0.25, 0.3) is 20.3 Å². The molecule has 11 heteroatoms. The molecule has 4 heterocycles. The molecular formula is C30H31ClN6O3S. The number of thiophene rings is 1. The fourth-order valence-electron chi connectivity index (χ4n) is 4.59. The zero-order valence-electron chi connectivity index (χ0n) is 22.6. The number of aromatic nitrogens is 3. The molecule has 0 atom stereocenters. The number of nitrogens with zero attached hydrogens (tertiary/aromatic N) is 4. The van der Waals surface area contributed by atoms with Crippen LogP contribution < -0.4 is 15.4 Å². The van der Waals surface area contributed by atoms with Gasteiger partial charge in [0.1, 0.15) is 29.3 Å². The molecule has 3 aromatic heterocycles. The van der Waals surface area contributed by atoms with Crippen molar-refractivity contribution in [1.29, 1.82) is 0 Å². The van der Waals surface area contributed by atoms with E-state index in [1.54, 1.807) is 23.9 Å². The van der Waals surface area contributed by atoms with E-state index in [0.29, 0.717) is 17.4 Å². The summed E-state index contributed by atoms with van der Waals surface area (Å²) in [5.41, 5.74) is 3.04. The second kappa shape index (κ2) is 13.7. The summed E-state index contributed by atoms with van der Waals surface area (Å²) in [6, 6.07) is 18.1. The monoisotopic (exact) mass is 590 g/mol. The number of aliphatic carboxylic acids is 1. The van der Waals surface area contributed by atoms with E-state index >= 15 is 0 Å². The summed E-state index contributed by atoms with van der Waals surface area (Å²) >= 11 is 8.24. The molecule has 9 nitrogen and oxygen atoms in total. The molecule has 1 saturated heterocycles. The van der Waals surface area contributed by atoms with E-state index in [1.807, 2.05) is 36.4 Å². The predicted octanol–water partition coefficient (Wildman–Crippen LogP) is 5.75. The number of ether oxygens (including phenoxy) is 1. The van der Waals surface area contributed by atoms with E-state index in [2.05, 4.69) is 48.7 Å². The number of fused-ring (bicyclic) bond motifs is 3. The molecule has 6 rings (SSSR count). The molecule has 41 heavy (non-hydrogen) atoms. The van der Waals surface area contributed by atoms with Crippen LogP contribution in [0, 0.1) is 0 Å². The van der Waals surface area contributed by atoms with Crippen LogP contribution >= 0.6 is 22.9 Å². The van der Waals surface area contributed by atoms with Gasteiger partial charge in [0.15, 0.2) is 0 Å². The maximum atomic E-state index is 9.00. The molecule has 212 valence electrons. The van der Waals surface area contributed by atoms with Gasteiger partial charge in [0, 0.05) is 61.6 Å². The molecule has 0 saturated carbocycles. The highest BCUT2D eigenvalue weighted by atomic mass is 35.5. The van der Waals surface area contributed by atoms with Crippen LogP contribution in [0.15, 0.2) is 67.1 Å². The van der Waals surface area contributed by atoms with Crippen molar-refractivity contribution >= 4 is 60.7 Å². The van der Waals surface area contributed by atoms with Gasteiger partial charge in [-0.2, -0.15) is 0 Å². The first kappa shape index (κ1) is 28.7. The number of hydrogen-bond donors (Lipinski definition) is 3. The van der Waals surface area contributed by atoms with Crippen LogP contribution in [-0.4, -0.2) is 63.7 Å². The topological polar surface area (TPSA) is 112 Å². The molecular weight excluding hydrogens is 560 g/mol. The van der Waals surface area contributed by atoms with Crippen molar-refractivity contribution in [2.24, 2.45) is 0 Å². The number of piperazine rings is 1. The molecule has 0 aliphatic carbocycles. The smallest absolute Gasteiger partial charge is 0.300 e. The standard InChI is InChI=1S/C28H27ClN6OS.C2H4O2/c29-23-16-20(5-7-24(23)36-17-21-3-1-2-9-31-21)34-27-26-22-6-4-19(8-12-35-13-10-30-11-14-35)15-25(22)37-28(26)33-18-32-27;1-2(3)4/h1-7,9,15-16,18,30H,8,10-14,17H2,(H,32,33,34);1H3,(H,3,4). The lowest BCUT2D eigenvalue weighted by Crippen LogP contribution is -2.44. The van der Waals surface area contributed by atoms with Crippen LogP contribution in [-0.2, 0) is 17.8 Å². The van der Waals surface area contributed by atoms with Crippen molar-refractivity contribution in [3.63, 3.8) is 0 Å². The summed E-state index contributed by atoms with van der Waals surface area (Å²) in [4.78, 5) is 25.9. The molecule has 2 aromatic carbocycles. The fraction of sp³-hybridized carbons (Fsp3) is 0.267. The summed E-state index contributed by atoms with van der Waals surface area (Å²) in [5, 5.41) is 17.0. The fourth-order valence-corrected chi connectivity index (χ4v) is 5.93. The highest BCUT2D eigenvalue weighted by molar-refractivity contribution is 7.25. The Morgan fingerprint density at radius 1 is 1.12 bits per heavy atom. The first-order valence-corrected chi connectivity index (χ1v) is 14.5. The minimum Gasteiger partial charge on any atom is -0.486 e. The van der Waals surface area contributed by atoms with Gasteiger partial charge in [-0.1, -0.05) is 29.8 Å². The van der Waals surface area contributed by atoms with E-state index in [0.717, 1.165) is 78.9 Å². The number of carbonyl (C=O) groups is 1. The average molecular weight is 591 g/mol. The molecule has 3 N–H and O–H groups in total. The van der Waals surface area contributed by atoms with Crippen LogP contribution in [0.5, 0.6) is 5.75 Å². The third-order valence-electron chi connectivity index (χ3n) is 6.56. The Bertz CT molecular complexity index is 1620. The second-order valence-corrected chi connectivity index (χ2v) is 11.0. The number of hydrogen-bond acceptors (Lipinski definition) is 9. The van der Waals surface area contributed by atoms with E-state index < -0.39 is 5.97 Å². The van der Waals surface area contributed by atoms with Crippen molar-refractivity contribution in [1.82, 2.24) is 25.2 Å². The molecule has 1 fully saturated rings. The third-order valence-corrected chi connectivity index (χ3v) is 7.91. The van der Waals surface area contributed by atoms with Gasteiger partial charge in [-0.15, -0.1) is 11.3 Å². The second-order valence-electron chi connectivity index (χ2n) is 9.58. The molecule has 0 unspecified atom stereocenters. The Kier molecular flexibility index (Phi) is 9.58. The normalized spacial score (nSPS) is 13.5. The lowest BCUT2D eigenvalue weighted by atomic mass is 10.1. The SMILES string of the molecule is CC(=O)O.Clc1cc(Nc2ncnc3sc4cc(CCN5CCNCC5)ccc4c23)ccc1OCc1ccccn1. The van der Waals surface area contributed by atoms with Crippen molar-refractivity contribution in [3.8, 4) is 5.75 Å². The zero-order chi connectivity index (χ0) is 28.6. The largest absolute Gasteiger partial charge is 0.486 e. The number of pyridine rings is 1. The number of benzene rings is 2. The summed E-state index contributed by atoms with van der Waals surface area (Å²) in [7, 11) is 0. The maximum Gasteiger partial charge on any atom is 0.300 e. The average Bonchev–Trinajstić information content (AvgIpc) is 3.35. The van der Waals surface area contributed by atoms with Gasteiger partial charge in [-0.05, 0) is 48.4 Å². The number of anilines is 2. The lowest BCUT2D eigenvalue weighted by Gasteiger charge is -2.27. The highest BCUT2D eigenvalue weighted by Gasteiger charge is 2.14. The Labute approximate surface area is 247 Å². The number of carboxylic acid groups (broad SMARTS) is 1. The van der Waals surface area contributed by atoms with E-state index in [4.69, 9.17) is 26.2 Å². The molecule has 5 aromatic rings. The minimum atomic E-state index is -0.833. The van der Waals surface area contributed by atoms with Gasteiger partial charge in [0.25, 0.3) is 5.97 Å². The van der Waals surface area contributed by atoms with Gasteiger partial charge in [0.2, 0.25) is 0 Å². The van der Waals surface area contributed by atoms with Crippen molar-refractivity contribution < 1.29 is 14.6 Å². The van der Waals surface area contributed by atoms with Gasteiger partial charge >= 0.3 is 0 Å². The Balaban J connectivity index is 0.000000794. The van der Waals surface area contributed by atoms with E-state index in [1.165, 1.54) is 10.3 Å². The van der Waals surface area contributed by atoms with Crippen LogP contribution in [0.4, 0.5) is 11.5 Å². The summed E-state index contributed by atoms with van der Waals surface area (Å²) < 4.78 is 7.09. The summed E-state index contributed by atoms with van der Waals surface area (Å²) in [6.45, 7) is 6.94. The summed E-state index contributed by atoms with van der Waals surface area (Å²) in [5.74, 6) is 0.545. The molecule has 0 spiro atoms. The number of rotatable bonds is 8. The van der Waals surface area contributed by atoms with Crippen molar-refractivity contribution in [2.75, 3.05) is 38.0 Å². The molecule has 0 radical (unpaired) electrons. The maximum absolute atomic E-state index is 9.00. The lowest BCUT2D eigenvalue weighted by molar-refractivity contribution is -0.134. The Hall–Kier alpha value is -3.83. The molecule has 0 amide bonds. The zero-order valence-corrected chi connectivity index (χ0v) is 24.2. The predicted molar refractivity (Wildman–Crippen MR) is 165 cm³/mol. The van der Waals surface area contributed by atoms with E-state index in [9.17, 15) is 0 Å². The molecule has 0 bridgehead atoms. The summed E-state index contributed by atoms with van der Waals surface area (Å²) in [6.07, 6.45) is 4.41. The van der Waals surface area contributed by atoms with Gasteiger partial charge < -0.3 is 25.4 Å². The van der Waals surface area contributed by atoms with E-state index in [-0.39, 0.29) is 0 Å². The van der Waals surface area contributed by atoms with Crippen LogP contribution in [0.2, 0.25) is 5.02 Å². The number of halogens is 1. The van der Waals surface area contributed by atoms with Gasteiger partial charge in [-0.3, -0.25) is 9.78 Å². The van der Waals surface area contributed by atoms with Crippen LogP contribution in [0.3, 0.4) is 0 Å². The first-order chi connectivity index (χ1) is 20.0. The van der Waals surface area contributed by atoms with Gasteiger partial charge in [0.05, 0.1) is 16.1 Å². The van der Waals surface area contributed by atoms with Crippen LogP contribution in [0.1, 0.15) is 18.2 Å². The quantitative estimate of drug-likeness (QED) is 0.208. The third kappa shape index (κ3) is 7.68. The number of nitrogens with one attached hydrogen (secondary N) is 2. The molecule has 1 aliphatic rings. The van der Waals surface area contributed by atoms with Crippen molar-refractivity contribution in [2.45, 2.75) is 20.0 Å². The Morgan fingerprint density at radius 2 is 1.95 bits per heavy atom. The van der Waals surface area contributed by atoms with Crippen molar-refractivity contribution in [3.05, 3.63) is 83.4 Å². The Morgan fingerprint density at radius 3 is 2.71 bits per heavy atom. The first-order valence-electron chi connectivity index (χ1n) is 13.3. The van der Waals surface area contributed by atoms with Gasteiger partial charge in [-0.25, -0.2) is 9.97 Å². The minimum absolute atomic E-state index is 0.359. The highest BCUT2D eigenvalue weighted by Crippen LogP contribution is 2.38. The number of carboxylic acids is 1. The molecule has 1 aliphatic heterocycles.